The number of pyridine rings is 1. The van der Waals surface area contributed by atoms with Crippen molar-refractivity contribution in [2.24, 2.45) is 0 Å². The number of halogens is 1. The molecule has 0 amide bonds. The predicted molar refractivity (Wildman–Crippen MR) is 72.2 cm³/mol. The third kappa shape index (κ3) is 1.69. The fraction of sp³-hybridized carbons (Fsp3) is 0.167. The van der Waals surface area contributed by atoms with E-state index in [-0.39, 0.29) is 6.04 Å². The molecular weight excluding hydrogens is 296 g/mol. The first-order chi connectivity index (χ1) is 8.66. The maximum Gasteiger partial charge on any atom is 0.203 e. The van der Waals surface area contributed by atoms with Gasteiger partial charge in [0.25, 0.3) is 0 Å². The van der Waals surface area contributed by atoms with Crippen LogP contribution in [0.4, 0.5) is 5.95 Å². The zero-order valence-electron chi connectivity index (χ0n) is 9.67. The first kappa shape index (κ1) is 11.3. The molecule has 0 radical (unpaired) electrons. The van der Waals surface area contributed by atoms with Gasteiger partial charge < -0.3 is 10.2 Å². The average molecular weight is 307 g/mol. The molecule has 3 heterocycles. The summed E-state index contributed by atoms with van der Waals surface area (Å²) in [6, 6.07) is 5.61. The van der Waals surface area contributed by atoms with Gasteiger partial charge in [-0.05, 0) is 41.1 Å². The third-order valence-electron chi connectivity index (χ3n) is 2.87. The Kier molecular flexibility index (Phi) is 2.59. The number of fused-ring (bicyclic) bond motifs is 1. The first-order valence-electron chi connectivity index (χ1n) is 5.49. The van der Waals surface area contributed by atoms with Gasteiger partial charge in [-0.1, -0.05) is 0 Å². The Balaban J connectivity index is 2.19. The van der Waals surface area contributed by atoms with Crippen LogP contribution in [0.1, 0.15) is 18.7 Å². The van der Waals surface area contributed by atoms with Crippen LogP contribution in [0.3, 0.4) is 0 Å². The van der Waals surface area contributed by atoms with E-state index in [0.717, 1.165) is 21.4 Å². The number of nitrogens with two attached hydrogens (primary N) is 1. The fourth-order valence-corrected chi connectivity index (χ4v) is 2.33. The van der Waals surface area contributed by atoms with Crippen molar-refractivity contribution in [3.05, 3.63) is 40.9 Å². The van der Waals surface area contributed by atoms with Crippen LogP contribution < -0.4 is 5.73 Å². The molecule has 0 saturated carbocycles. The number of hydrogen-bond acceptors (Lipinski definition) is 4. The number of furan rings is 1. The van der Waals surface area contributed by atoms with Crippen LogP contribution in [0.25, 0.3) is 11.2 Å². The Morgan fingerprint density at radius 1 is 1.50 bits per heavy atom. The summed E-state index contributed by atoms with van der Waals surface area (Å²) in [5.41, 5.74) is 7.48. The molecule has 0 aliphatic carbocycles. The molecule has 3 aromatic heterocycles. The van der Waals surface area contributed by atoms with E-state index in [1.54, 1.807) is 12.5 Å². The molecule has 1 unspecified atom stereocenters. The second-order valence-corrected chi connectivity index (χ2v) is 4.94. The largest absolute Gasteiger partial charge is 0.467 e. The number of rotatable bonds is 2. The van der Waals surface area contributed by atoms with Crippen LogP contribution in [0, 0.1) is 0 Å². The second-order valence-electron chi connectivity index (χ2n) is 4.03. The van der Waals surface area contributed by atoms with Crippen molar-refractivity contribution >= 4 is 33.0 Å². The lowest BCUT2D eigenvalue weighted by Gasteiger charge is -2.12. The minimum Gasteiger partial charge on any atom is -0.467 e. The molecule has 3 aromatic rings. The van der Waals surface area contributed by atoms with Crippen LogP contribution >= 0.6 is 15.9 Å². The minimum absolute atomic E-state index is 0.0429. The van der Waals surface area contributed by atoms with Crippen molar-refractivity contribution in [1.82, 2.24) is 14.5 Å². The van der Waals surface area contributed by atoms with Crippen molar-refractivity contribution in [1.29, 1.82) is 0 Å². The van der Waals surface area contributed by atoms with Crippen LogP contribution in [0.5, 0.6) is 0 Å². The van der Waals surface area contributed by atoms with Gasteiger partial charge in [0.1, 0.15) is 11.3 Å². The van der Waals surface area contributed by atoms with E-state index in [1.165, 1.54) is 0 Å². The highest BCUT2D eigenvalue weighted by molar-refractivity contribution is 9.10. The van der Waals surface area contributed by atoms with E-state index >= 15 is 0 Å². The molecular formula is C12H11BrN4O. The Morgan fingerprint density at radius 2 is 2.33 bits per heavy atom. The average Bonchev–Trinajstić information content (AvgIpc) is 2.94. The Bertz CT molecular complexity index is 689. The molecule has 1 atom stereocenters. The molecule has 6 heteroatoms. The summed E-state index contributed by atoms with van der Waals surface area (Å²) in [6.45, 7) is 2.00. The number of nitrogen functional groups attached to an aromatic ring is 1. The molecule has 2 N–H and O–H groups in total. The number of imidazole rings is 1. The Hall–Kier alpha value is -1.82. The van der Waals surface area contributed by atoms with Crippen molar-refractivity contribution in [3.63, 3.8) is 0 Å². The van der Waals surface area contributed by atoms with Gasteiger partial charge in [0, 0.05) is 10.7 Å². The minimum atomic E-state index is -0.0429. The van der Waals surface area contributed by atoms with Gasteiger partial charge in [-0.3, -0.25) is 4.57 Å². The lowest BCUT2D eigenvalue weighted by Crippen LogP contribution is -2.10. The van der Waals surface area contributed by atoms with Gasteiger partial charge in [0.2, 0.25) is 5.95 Å². The van der Waals surface area contributed by atoms with E-state index in [1.807, 2.05) is 29.7 Å². The Morgan fingerprint density at radius 3 is 3.06 bits per heavy atom. The topological polar surface area (TPSA) is 69.9 Å². The van der Waals surface area contributed by atoms with E-state index < -0.39 is 0 Å². The van der Waals surface area contributed by atoms with Gasteiger partial charge in [-0.25, -0.2) is 9.97 Å². The Labute approximate surface area is 112 Å². The molecule has 3 rings (SSSR count). The molecule has 0 fully saturated rings. The highest BCUT2D eigenvalue weighted by Crippen LogP contribution is 2.27. The van der Waals surface area contributed by atoms with Crippen LogP contribution in [-0.2, 0) is 0 Å². The van der Waals surface area contributed by atoms with Gasteiger partial charge in [0.05, 0.1) is 12.3 Å². The SMILES string of the molecule is CC(c1ccco1)n1c(N)nc2cc(Br)cnc21. The van der Waals surface area contributed by atoms with E-state index in [4.69, 9.17) is 10.2 Å². The normalized spacial score (nSPS) is 13.0. The summed E-state index contributed by atoms with van der Waals surface area (Å²) in [5.74, 6) is 1.25. The summed E-state index contributed by atoms with van der Waals surface area (Å²) >= 11 is 3.37. The fourth-order valence-electron chi connectivity index (χ4n) is 2.01. The standard InChI is InChI=1S/C12H11BrN4O/c1-7(10-3-2-4-18-10)17-11-9(16-12(17)14)5-8(13)6-15-11/h2-7H,1H3,(H2,14,16). The van der Waals surface area contributed by atoms with Gasteiger partial charge >= 0.3 is 0 Å². The van der Waals surface area contributed by atoms with Gasteiger partial charge in [-0.15, -0.1) is 0 Å². The lowest BCUT2D eigenvalue weighted by molar-refractivity contribution is 0.452. The molecule has 0 saturated heterocycles. The van der Waals surface area contributed by atoms with Crippen molar-refractivity contribution in [2.45, 2.75) is 13.0 Å². The van der Waals surface area contributed by atoms with Gasteiger partial charge in [-0.2, -0.15) is 0 Å². The van der Waals surface area contributed by atoms with E-state index in [9.17, 15) is 0 Å². The lowest BCUT2D eigenvalue weighted by atomic mass is 10.2. The molecule has 5 nitrogen and oxygen atoms in total. The van der Waals surface area contributed by atoms with Gasteiger partial charge in [0.15, 0.2) is 5.65 Å². The number of hydrogen-bond donors (Lipinski definition) is 1. The van der Waals surface area contributed by atoms with Crippen molar-refractivity contribution in [2.75, 3.05) is 5.73 Å². The van der Waals surface area contributed by atoms with Crippen molar-refractivity contribution < 1.29 is 4.42 Å². The number of anilines is 1. The number of aromatic nitrogens is 3. The highest BCUT2D eigenvalue weighted by atomic mass is 79.9. The summed E-state index contributed by atoms with van der Waals surface area (Å²) in [6.07, 6.45) is 3.37. The summed E-state index contributed by atoms with van der Waals surface area (Å²) in [4.78, 5) is 8.68. The zero-order chi connectivity index (χ0) is 12.7. The maximum absolute atomic E-state index is 5.97. The molecule has 0 bridgehead atoms. The molecule has 18 heavy (non-hydrogen) atoms. The summed E-state index contributed by atoms with van der Waals surface area (Å²) < 4.78 is 8.15. The second kappa shape index (κ2) is 4.13. The molecule has 0 aliphatic rings. The molecule has 0 aliphatic heterocycles. The quantitative estimate of drug-likeness (QED) is 0.790. The summed E-state index contributed by atoms with van der Waals surface area (Å²) in [5, 5.41) is 0. The summed E-state index contributed by atoms with van der Waals surface area (Å²) in [7, 11) is 0. The highest BCUT2D eigenvalue weighted by Gasteiger charge is 2.18. The maximum atomic E-state index is 5.97. The third-order valence-corrected chi connectivity index (χ3v) is 3.30. The first-order valence-corrected chi connectivity index (χ1v) is 6.28. The van der Waals surface area contributed by atoms with E-state index in [2.05, 4.69) is 25.9 Å². The van der Waals surface area contributed by atoms with Crippen LogP contribution in [-0.4, -0.2) is 14.5 Å². The zero-order valence-corrected chi connectivity index (χ0v) is 11.3. The molecule has 0 spiro atoms. The number of nitrogens with zero attached hydrogens (tertiary/aromatic N) is 3. The van der Waals surface area contributed by atoms with Crippen molar-refractivity contribution in [3.8, 4) is 0 Å². The monoisotopic (exact) mass is 306 g/mol. The molecule has 0 aromatic carbocycles. The predicted octanol–water partition coefficient (Wildman–Crippen LogP) is 2.98. The van der Waals surface area contributed by atoms with Crippen LogP contribution in [0.2, 0.25) is 0 Å². The smallest absolute Gasteiger partial charge is 0.203 e. The van der Waals surface area contributed by atoms with E-state index in [0.29, 0.717) is 5.95 Å². The molecule has 92 valence electrons. The van der Waals surface area contributed by atoms with Crippen LogP contribution in [0.15, 0.2) is 39.5 Å².